The first kappa shape index (κ1) is 22.0. The first-order chi connectivity index (χ1) is 15.0. The first-order valence-electron chi connectivity index (χ1n) is 11.4. The molecule has 0 aromatic carbocycles. The van der Waals surface area contributed by atoms with Crippen molar-refractivity contribution in [2.24, 2.45) is 11.8 Å². The van der Waals surface area contributed by atoms with Gasteiger partial charge in [0, 0.05) is 19.6 Å². The van der Waals surface area contributed by atoms with Crippen molar-refractivity contribution in [2.45, 2.75) is 56.8 Å². The zero-order valence-corrected chi connectivity index (χ0v) is 18.1. The van der Waals surface area contributed by atoms with Crippen LogP contribution in [0.4, 0.5) is 0 Å². The van der Waals surface area contributed by atoms with Crippen LogP contribution >= 0.6 is 0 Å². The predicted octanol–water partition coefficient (Wildman–Crippen LogP) is 1.04. The van der Waals surface area contributed by atoms with Crippen molar-refractivity contribution < 1.29 is 29.0 Å². The number of ether oxygens (including phenoxy) is 2. The second-order valence-corrected chi connectivity index (χ2v) is 8.73. The summed E-state index contributed by atoms with van der Waals surface area (Å²) in [5.74, 6) is -2.64. The lowest BCUT2D eigenvalue weighted by atomic mass is 9.78. The minimum atomic E-state index is -1.24. The van der Waals surface area contributed by atoms with Gasteiger partial charge in [0.15, 0.2) is 0 Å². The average molecular weight is 433 g/mol. The maximum Gasteiger partial charge on any atom is 0.312 e. The molecule has 8 heteroatoms. The van der Waals surface area contributed by atoms with Crippen LogP contribution in [0.15, 0.2) is 24.3 Å². The Morgan fingerprint density at radius 2 is 2.00 bits per heavy atom. The molecule has 4 aliphatic heterocycles. The van der Waals surface area contributed by atoms with Crippen LogP contribution in [0.1, 0.15) is 39.0 Å². The Morgan fingerprint density at radius 1 is 1.16 bits per heavy atom. The lowest BCUT2D eigenvalue weighted by Crippen LogP contribution is -2.55. The molecule has 1 unspecified atom stereocenters. The number of amides is 2. The average Bonchev–Trinajstić information content (AvgIpc) is 3.13. The molecule has 0 aromatic rings. The number of carbonyl (C=O) groups is 3. The van der Waals surface area contributed by atoms with Crippen LogP contribution in [0, 0.1) is 11.8 Å². The summed E-state index contributed by atoms with van der Waals surface area (Å²) >= 11 is 0. The van der Waals surface area contributed by atoms with E-state index in [2.05, 4.69) is 6.92 Å². The van der Waals surface area contributed by atoms with Gasteiger partial charge < -0.3 is 24.4 Å². The number of aliphatic hydroxyl groups is 1. The number of carbonyl (C=O) groups excluding carboxylic acids is 3. The Bertz CT molecular complexity index is 780. The number of aliphatic hydroxyl groups excluding tert-OH is 1. The van der Waals surface area contributed by atoms with Crippen molar-refractivity contribution in [3.8, 4) is 0 Å². The third-order valence-corrected chi connectivity index (χ3v) is 6.81. The molecule has 2 saturated heterocycles. The van der Waals surface area contributed by atoms with E-state index in [4.69, 9.17) is 9.47 Å². The fourth-order valence-corrected chi connectivity index (χ4v) is 5.36. The molecule has 0 aliphatic carbocycles. The Kier molecular flexibility index (Phi) is 6.48. The first-order valence-corrected chi connectivity index (χ1v) is 11.4. The maximum atomic E-state index is 13.6. The van der Waals surface area contributed by atoms with Crippen LogP contribution in [0.2, 0.25) is 0 Å². The van der Waals surface area contributed by atoms with Gasteiger partial charge in [0.25, 0.3) is 0 Å². The summed E-state index contributed by atoms with van der Waals surface area (Å²) in [6, 6.07) is -0.897. The van der Waals surface area contributed by atoms with Gasteiger partial charge in [-0.3, -0.25) is 14.4 Å². The highest BCUT2D eigenvalue weighted by atomic mass is 16.6. The summed E-state index contributed by atoms with van der Waals surface area (Å²) in [5, 5.41) is 9.61. The molecule has 0 saturated carbocycles. The number of unbranched alkanes of at least 4 members (excludes halogenated alkanes) is 1. The second-order valence-electron chi connectivity index (χ2n) is 8.73. The zero-order chi connectivity index (χ0) is 22.0. The molecular weight excluding hydrogens is 400 g/mol. The quantitative estimate of drug-likeness (QED) is 0.515. The highest BCUT2D eigenvalue weighted by Gasteiger charge is 2.71. The van der Waals surface area contributed by atoms with Crippen LogP contribution in [0.5, 0.6) is 0 Å². The standard InChI is InChI=1S/C23H32N2O6/c1-2-3-11-24-12-8-10-23-18(20(27)25(13-14-26)19(23)21(24)28)17-16(31-23)9-6-4-5-7-15-30-22(17)29/h6,8-10,16-19,26H,2-5,7,11-15H2,1H3/b9-6-/t16-,17+,18-,19?,23-/m0/s1. The van der Waals surface area contributed by atoms with Crippen molar-refractivity contribution in [2.75, 3.05) is 32.8 Å². The highest BCUT2D eigenvalue weighted by Crippen LogP contribution is 2.52. The normalized spacial score (nSPS) is 36.5. The molecule has 1 N–H and O–H groups in total. The third-order valence-electron chi connectivity index (χ3n) is 6.81. The van der Waals surface area contributed by atoms with Gasteiger partial charge in [0.2, 0.25) is 11.8 Å². The number of cyclic esters (lactones) is 1. The molecule has 2 fully saturated rings. The lowest BCUT2D eigenvalue weighted by molar-refractivity contribution is -0.155. The molecule has 1 spiro atoms. The van der Waals surface area contributed by atoms with Crippen LogP contribution in [-0.4, -0.2) is 83.3 Å². The minimum Gasteiger partial charge on any atom is -0.465 e. The molecule has 0 radical (unpaired) electrons. The smallest absolute Gasteiger partial charge is 0.312 e. The molecule has 0 aromatic heterocycles. The Morgan fingerprint density at radius 3 is 2.77 bits per heavy atom. The van der Waals surface area contributed by atoms with E-state index in [0.717, 1.165) is 32.1 Å². The molecule has 31 heavy (non-hydrogen) atoms. The van der Waals surface area contributed by atoms with Crippen molar-refractivity contribution in [3.05, 3.63) is 24.3 Å². The summed E-state index contributed by atoms with van der Waals surface area (Å²) in [5.41, 5.74) is -1.24. The number of nitrogens with zero attached hydrogens (tertiary/aromatic N) is 2. The summed E-state index contributed by atoms with van der Waals surface area (Å²) in [6.45, 7) is 3.15. The Hall–Kier alpha value is -2.19. The van der Waals surface area contributed by atoms with Gasteiger partial charge in [0.05, 0.1) is 25.2 Å². The molecule has 170 valence electrons. The number of fused-ring (bicyclic) bond motifs is 2. The van der Waals surface area contributed by atoms with Gasteiger partial charge in [-0.2, -0.15) is 0 Å². The van der Waals surface area contributed by atoms with E-state index in [1.807, 2.05) is 24.3 Å². The van der Waals surface area contributed by atoms with Crippen LogP contribution in [0.25, 0.3) is 0 Å². The number of hydrogen-bond acceptors (Lipinski definition) is 6. The summed E-state index contributed by atoms with van der Waals surface area (Å²) in [4.78, 5) is 43.4. The van der Waals surface area contributed by atoms with Gasteiger partial charge >= 0.3 is 5.97 Å². The number of β-amino-alcohol motifs (C(OH)–C–C–N with tert-alkyl or cyclic N) is 1. The van der Waals surface area contributed by atoms with Gasteiger partial charge in [-0.15, -0.1) is 0 Å². The summed E-state index contributed by atoms with van der Waals surface area (Å²) in [6.07, 6.45) is 11.2. The molecule has 2 amide bonds. The molecule has 4 heterocycles. The number of likely N-dealkylation sites (tertiary alicyclic amines) is 1. The third kappa shape index (κ3) is 3.69. The molecule has 5 atom stereocenters. The van der Waals surface area contributed by atoms with E-state index >= 15 is 0 Å². The van der Waals surface area contributed by atoms with E-state index in [-0.39, 0.29) is 25.0 Å². The highest BCUT2D eigenvalue weighted by molar-refractivity contribution is 5.99. The van der Waals surface area contributed by atoms with Crippen LogP contribution in [-0.2, 0) is 23.9 Å². The minimum absolute atomic E-state index is 0.0224. The predicted molar refractivity (Wildman–Crippen MR) is 112 cm³/mol. The van der Waals surface area contributed by atoms with Crippen molar-refractivity contribution in [1.29, 1.82) is 0 Å². The van der Waals surface area contributed by atoms with Crippen LogP contribution in [0.3, 0.4) is 0 Å². The Balaban J connectivity index is 1.77. The molecule has 4 rings (SSSR count). The summed E-state index contributed by atoms with van der Waals surface area (Å²) in [7, 11) is 0. The lowest BCUT2D eigenvalue weighted by Gasteiger charge is -2.35. The van der Waals surface area contributed by atoms with Gasteiger partial charge in [0.1, 0.15) is 17.6 Å². The van der Waals surface area contributed by atoms with E-state index in [1.54, 1.807) is 4.90 Å². The monoisotopic (exact) mass is 432 g/mol. The number of rotatable bonds is 5. The maximum absolute atomic E-state index is 13.6. The van der Waals surface area contributed by atoms with E-state index in [9.17, 15) is 19.5 Å². The SMILES string of the molecule is CCCCN1CC=C[C@]23O[C@H]4/C=C\CCCCOC(=O)[C@H]4[C@H]2C(=O)N(CCO)C3C1=O. The van der Waals surface area contributed by atoms with Gasteiger partial charge in [-0.25, -0.2) is 0 Å². The van der Waals surface area contributed by atoms with E-state index in [1.165, 1.54) is 4.90 Å². The molecule has 4 aliphatic rings. The number of allylic oxidation sites excluding steroid dienone is 1. The molecule has 8 nitrogen and oxygen atoms in total. The van der Waals surface area contributed by atoms with Gasteiger partial charge in [-0.05, 0) is 25.7 Å². The van der Waals surface area contributed by atoms with Crippen LogP contribution < -0.4 is 0 Å². The fraction of sp³-hybridized carbons (Fsp3) is 0.696. The zero-order valence-electron chi connectivity index (χ0n) is 18.1. The van der Waals surface area contributed by atoms with Crippen molar-refractivity contribution in [3.63, 3.8) is 0 Å². The van der Waals surface area contributed by atoms with E-state index < -0.39 is 35.6 Å². The number of hydrogen-bond donors (Lipinski definition) is 1. The Labute approximate surface area is 182 Å². The molecular formula is C23H32N2O6. The second kappa shape index (κ2) is 9.12. The summed E-state index contributed by atoms with van der Waals surface area (Å²) < 4.78 is 12.0. The fourth-order valence-electron chi connectivity index (χ4n) is 5.36. The topological polar surface area (TPSA) is 96.4 Å². The van der Waals surface area contributed by atoms with Crippen molar-refractivity contribution in [1.82, 2.24) is 9.80 Å². The largest absolute Gasteiger partial charge is 0.465 e. The molecule has 0 bridgehead atoms. The van der Waals surface area contributed by atoms with E-state index in [0.29, 0.717) is 19.7 Å². The number of esters is 1. The van der Waals surface area contributed by atoms with Gasteiger partial charge in [-0.1, -0.05) is 37.6 Å². The van der Waals surface area contributed by atoms with Crippen molar-refractivity contribution >= 4 is 17.8 Å².